The van der Waals surface area contributed by atoms with Gasteiger partial charge in [-0.2, -0.15) is 0 Å². The Balaban J connectivity index is 1.28. The van der Waals surface area contributed by atoms with Crippen LogP contribution in [-0.4, -0.2) is 0 Å². The third kappa shape index (κ3) is 4.22. The van der Waals surface area contributed by atoms with Crippen molar-refractivity contribution in [3.8, 4) is 43.5 Å². The third-order valence-electron chi connectivity index (χ3n) is 8.48. The highest BCUT2D eigenvalue weighted by Gasteiger charge is 2.45. The highest BCUT2D eigenvalue weighted by Crippen LogP contribution is 2.56. The molecule has 1 nitrogen and oxygen atoms in total. The van der Waals surface area contributed by atoms with E-state index >= 15 is 0 Å². The van der Waals surface area contributed by atoms with Gasteiger partial charge >= 0.3 is 0 Å². The summed E-state index contributed by atoms with van der Waals surface area (Å²) < 4.78 is 6.71. The van der Waals surface area contributed by atoms with E-state index in [1.807, 2.05) is 11.3 Å². The summed E-state index contributed by atoms with van der Waals surface area (Å²) in [5.41, 5.74) is 9.14. The quantitative estimate of drug-likeness (QED) is 0.201. The average molecular weight is 569 g/mol. The molecule has 0 bridgehead atoms. The van der Waals surface area contributed by atoms with Gasteiger partial charge in [-0.15, -0.1) is 11.3 Å². The lowest BCUT2D eigenvalue weighted by atomic mass is 9.63. The molecule has 0 unspecified atom stereocenters. The van der Waals surface area contributed by atoms with Crippen LogP contribution in [0.3, 0.4) is 0 Å². The number of hydrogen-bond donors (Lipinski definition) is 0. The summed E-state index contributed by atoms with van der Waals surface area (Å²) >= 11 is 1.82. The SMILES string of the molecule is c1ccc(-c2ccccc2-c2ccc(-c3ccc4c(c3)Oc3ccccc3C4(c3ccccc3)c3ccccc3)s2)cc1. The summed E-state index contributed by atoms with van der Waals surface area (Å²) in [5, 5.41) is 0. The van der Waals surface area contributed by atoms with Crippen LogP contribution in [0.2, 0.25) is 0 Å². The fraction of sp³-hybridized carbons (Fsp3) is 0.0244. The van der Waals surface area contributed by atoms with Crippen LogP contribution in [0.15, 0.2) is 170 Å². The van der Waals surface area contributed by atoms with Crippen molar-refractivity contribution in [2.75, 3.05) is 0 Å². The summed E-state index contributed by atoms with van der Waals surface area (Å²) in [4.78, 5) is 2.47. The summed E-state index contributed by atoms with van der Waals surface area (Å²) in [5.74, 6) is 1.78. The second-order valence-electron chi connectivity index (χ2n) is 10.9. The number of thiophene rings is 1. The normalized spacial score (nSPS) is 13.0. The molecule has 2 heterocycles. The van der Waals surface area contributed by atoms with E-state index in [4.69, 9.17) is 4.74 Å². The first kappa shape index (κ1) is 25.5. The molecule has 6 aromatic carbocycles. The maximum absolute atomic E-state index is 6.71. The summed E-state index contributed by atoms with van der Waals surface area (Å²) in [6, 6.07) is 60.7. The highest BCUT2D eigenvalue weighted by molar-refractivity contribution is 7.18. The Kier molecular flexibility index (Phi) is 6.28. The van der Waals surface area contributed by atoms with Crippen LogP contribution < -0.4 is 4.74 Å². The van der Waals surface area contributed by atoms with Crippen LogP contribution in [0, 0.1) is 0 Å². The molecule has 2 heteroatoms. The first-order valence-corrected chi connectivity index (χ1v) is 15.4. The lowest BCUT2D eigenvalue weighted by Crippen LogP contribution is -2.34. The first-order valence-electron chi connectivity index (χ1n) is 14.6. The van der Waals surface area contributed by atoms with Crippen molar-refractivity contribution >= 4 is 11.3 Å². The van der Waals surface area contributed by atoms with Gasteiger partial charge in [0.05, 0.1) is 5.41 Å². The predicted octanol–water partition coefficient (Wildman–Crippen LogP) is 11.2. The van der Waals surface area contributed by atoms with Gasteiger partial charge in [0, 0.05) is 20.9 Å². The molecule has 0 aliphatic carbocycles. The maximum atomic E-state index is 6.71. The summed E-state index contributed by atoms with van der Waals surface area (Å²) in [7, 11) is 0. The Bertz CT molecular complexity index is 2000. The van der Waals surface area contributed by atoms with Gasteiger partial charge in [0.2, 0.25) is 0 Å². The molecule has 43 heavy (non-hydrogen) atoms. The first-order chi connectivity index (χ1) is 21.3. The van der Waals surface area contributed by atoms with E-state index in [1.165, 1.54) is 37.6 Å². The third-order valence-corrected chi connectivity index (χ3v) is 9.65. The van der Waals surface area contributed by atoms with E-state index in [1.54, 1.807) is 0 Å². The van der Waals surface area contributed by atoms with E-state index in [0.29, 0.717) is 0 Å². The predicted molar refractivity (Wildman–Crippen MR) is 179 cm³/mol. The Hall–Kier alpha value is -5.18. The number of hydrogen-bond acceptors (Lipinski definition) is 2. The highest BCUT2D eigenvalue weighted by atomic mass is 32.1. The van der Waals surface area contributed by atoms with Crippen molar-refractivity contribution in [2.45, 2.75) is 5.41 Å². The van der Waals surface area contributed by atoms with E-state index in [0.717, 1.165) is 28.2 Å². The smallest absolute Gasteiger partial charge is 0.132 e. The minimum Gasteiger partial charge on any atom is -0.457 e. The molecular weight excluding hydrogens is 541 g/mol. The Morgan fingerprint density at radius 1 is 0.395 bits per heavy atom. The van der Waals surface area contributed by atoms with E-state index in [2.05, 4.69) is 170 Å². The zero-order chi connectivity index (χ0) is 28.6. The molecule has 1 aliphatic heterocycles. The van der Waals surface area contributed by atoms with Crippen LogP contribution in [-0.2, 0) is 5.41 Å². The monoisotopic (exact) mass is 568 g/mol. The van der Waals surface area contributed by atoms with Crippen LogP contribution in [0.25, 0.3) is 32.0 Å². The van der Waals surface area contributed by atoms with Gasteiger partial charge < -0.3 is 4.74 Å². The van der Waals surface area contributed by atoms with Gasteiger partial charge in [0.1, 0.15) is 11.5 Å². The van der Waals surface area contributed by atoms with Gasteiger partial charge in [-0.3, -0.25) is 0 Å². The molecule has 7 aromatic rings. The molecule has 1 aromatic heterocycles. The molecule has 0 saturated carbocycles. The Morgan fingerprint density at radius 3 is 1.67 bits per heavy atom. The molecule has 0 spiro atoms. The fourth-order valence-corrected chi connectivity index (χ4v) is 7.61. The van der Waals surface area contributed by atoms with E-state index < -0.39 is 5.41 Å². The van der Waals surface area contributed by atoms with Crippen molar-refractivity contribution in [2.24, 2.45) is 0 Å². The van der Waals surface area contributed by atoms with Crippen molar-refractivity contribution in [1.29, 1.82) is 0 Å². The lowest BCUT2D eigenvalue weighted by Gasteiger charge is -2.41. The largest absolute Gasteiger partial charge is 0.457 e. The molecule has 0 atom stereocenters. The van der Waals surface area contributed by atoms with Crippen molar-refractivity contribution in [1.82, 2.24) is 0 Å². The van der Waals surface area contributed by atoms with E-state index in [-0.39, 0.29) is 0 Å². The molecule has 0 amide bonds. The minimum absolute atomic E-state index is 0.500. The summed E-state index contributed by atoms with van der Waals surface area (Å²) in [6.07, 6.45) is 0. The number of benzene rings is 6. The molecule has 0 radical (unpaired) electrons. The summed E-state index contributed by atoms with van der Waals surface area (Å²) in [6.45, 7) is 0. The standard InChI is InChI=1S/C41H28OS/c1-4-14-29(15-5-1)33-20-10-11-21-34(33)40-27-26-39(43-40)30-24-25-36-38(28-30)42-37-23-13-12-22-35(37)41(36,31-16-6-2-7-17-31)32-18-8-3-9-19-32/h1-28H. The Labute approximate surface area is 256 Å². The average Bonchev–Trinajstić information content (AvgIpc) is 3.59. The van der Waals surface area contributed by atoms with Crippen molar-refractivity contribution in [3.05, 3.63) is 192 Å². The zero-order valence-corrected chi connectivity index (χ0v) is 24.3. The van der Waals surface area contributed by atoms with Crippen LogP contribution in [0.5, 0.6) is 11.5 Å². The lowest BCUT2D eigenvalue weighted by molar-refractivity contribution is 0.435. The Morgan fingerprint density at radius 2 is 0.953 bits per heavy atom. The van der Waals surface area contributed by atoms with Gasteiger partial charge in [0.15, 0.2) is 0 Å². The minimum atomic E-state index is -0.500. The van der Waals surface area contributed by atoms with Crippen LogP contribution >= 0.6 is 11.3 Å². The van der Waals surface area contributed by atoms with E-state index in [9.17, 15) is 0 Å². The van der Waals surface area contributed by atoms with Gasteiger partial charge in [0.25, 0.3) is 0 Å². The molecule has 0 saturated heterocycles. The van der Waals surface area contributed by atoms with Gasteiger partial charge in [-0.05, 0) is 57.6 Å². The molecule has 204 valence electrons. The molecular formula is C41H28OS. The van der Waals surface area contributed by atoms with Crippen molar-refractivity contribution in [3.63, 3.8) is 0 Å². The molecule has 8 rings (SSSR count). The van der Waals surface area contributed by atoms with Crippen LogP contribution in [0.4, 0.5) is 0 Å². The zero-order valence-electron chi connectivity index (χ0n) is 23.5. The fourth-order valence-electron chi connectivity index (χ4n) is 6.57. The molecule has 0 fully saturated rings. The van der Waals surface area contributed by atoms with Gasteiger partial charge in [-0.1, -0.05) is 146 Å². The molecule has 1 aliphatic rings. The van der Waals surface area contributed by atoms with Crippen molar-refractivity contribution < 1.29 is 4.74 Å². The van der Waals surface area contributed by atoms with Gasteiger partial charge in [-0.25, -0.2) is 0 Å². The second-order valence-corrected chi connectivity index (χ2v) is 12.0. The topological polar surface area (TPSA) is 9.23 Å². The number of rotatable bonds is 5. The molecule has 0 N–H and O–H groups in total. The number of fused-ring (bicyclic) bond motifs is 2. The second kappa shape index (κ2) is 10.6. The van der Waals surface area contributed by atoms with Crippen LogP contribution in [0.1, 0.15) is 22.3 Å². The maximum Gasteiger partial charge on any atom is 0.132 e. The number of ether oxygens (including phenoxy) is 1. The number of para-hydroxylation sites is 1.